The maximum absolute atomic E-state index is 3.52. The molecule has 1 aliphatic heterocycles. The fourth-order valence-electron chi connectivity index (χ4n) is 2.96. The lowest BCUT2D eigenvalue weighted by atomic mass is 9.93. The number of anilines is 1. The van der Waals surface area contributed by atoms with Crippen LogP contribution in [0.5, 0.6) is 0 Å². The molecule has 100 valence electrons. The van der Waals surface area contributed by atoms with Crippen molar-refractivity contribution in [3.05, 3.63) is 29.3 Å². The molecular formula is C16H26N2. The van der Waals surface area contributed by atoms with E-state index in [1.807, 2.05) is 0 Å². The lowest BCUT2D eigenvalue weighted by Crippen LogP contribution is -2.49. The van der Waals surface area contributed by atoms with Gasteiger partial charge in [-0.3, -0.25) is 0 Å². The minimum atomic E-state index is 0.226. The second-order valence-electron chi connectivity index (χ2n) is 6.06. The smallest absolute Gasteiger partial charge is 0.0430 e. The van der Waals surface area contributed by atoms with E-state index in [2.05, 4.69) is 56.1 Å². The molecule has 2 heteroatoms. The molecule has 1 aromatic carbocycles. The van der Waals surface area contributed by atoms with Crippen LogP contribution in [0, 0.1) is 13.8 Å². The summed E-state index contributed by atoms with van der Waals surface area (Å²) in [6.07, 6.45) is 2.41. The summed E-state index contributed by atoms with van der Waals surface area (Å²) in [6, 6.07) is 6.62. The van der Waals surface area contributed by atoms with Gasteiger partial charge in [-0.2, -0.15) is 0 Å². The van der Waals surface area contributed by atoms with E-state index in [0.717, 1.165) is 19.6 Å². The van der Waals surface area contributed by atoms with Gasteiger partial charge in [0.1, 0.15) is 0 Å². The van der Waals surface area contributed by atoms with E-state index in [1.165, 1.54) is 29.7 Å². The summed E-state index contributed by atoms with van der Waals surface area (Å²) >= 11 is 0. The van der Waals surface area contributed by atoms with Gasteiger partial charge >= 0.3 is 0 Å². The fourth-order valence-corrected chi connectivity index (χ4v) is 2.96. The number of rotatable bonds is 1. The van der Waals surface area contributed by atoms with E-state index in [-0.39, 0.29) is 5.54 Å². The van der Waals surface area contributed by atoms with Crippen LogP contribution in [0.3, 0.4) is 0 Å². The van der Waals surface area contributed by atoms with E-state index in [4.69, 9.17) is 0 Å². The highest BCUT2D eigenvalue weighted by atomic mass is 15.2. The summed E-state index contributed by atoms with van der Waals surface area (Å²) in [5.74, 6) is 0. The molecule has 0 bridgehead atoms. The van der Waals surface area contributed by atoms with Crippen molar-refractivity contribution in [1.82, 2.24) is 5.32 Å². The predicted octanol–water partition coefficient (Wildman–Crippen LogP) is 3.27. The molecule has 0 radical (unpaired) electrons. The zero-order valence-electron chi connectivity index (χ0n) is 12.2. The molecule has 1 fully saturated rings. The van der Waals surface area contributed by atoms with Crippen LogP contribution in [0.15, 0.2) is 18.2 Å². The molecule has 0 aromatic heterocycles. The van der Waals surface area contributed by atoms with E-state index in [1.54, 1.807) is 0 Å². The van der Waals surface area contributed by atoms with E-state index in [9.17, 15) is 0 Å². The zero-order chi connectivity index (χ0) is 13.2. The van der Waals surface area contributed by atoms with Crippen LogP contribution in [0.4, 0.5) is 5.69 Å². The second-order valence-corrected chi connectivity index (χ2v) is 6.06. The Kier molecular flexibility index (Phi) is 3.96. The third-order valence-electron chi connectivity index (χ3n) is 4.09. The lowest BCUT2D eigenvalue weighted by molar-refractivity contribution is 0.386. The van der Waals surface area contributed by atoms with E-state index < -0.39 is 0 Å². The molecule has 0 aliphatic carbocycles. The molecule has 0 unspecified atom stereocenters. The first-order valence-corrected chi connectivity index (χ1v) is 7.07. The minimum Gasteiger partial charge on any atom is -0.366 e. The van der Waals surface area contributed by atoms with Gasteiger partial charge in [0, 0.05) is 17.8 Å². The summed E-state index contributed by atoms with van der Waals surface area (Å²) in [5.41, 5.74) is 4.47. The van der Waals surface area contributed by atoms with Gasteiger partial charge in [-0.25, -0.2) is 0 Å². The van der Waals surface area contributed by atoms with Crippen LogP contribution in [0.25, 0.3) is 0 Å². The number of nitrogens with one attached hydrogen (secondary N) is 1. The SMILES string of the molecule is Cc1cccc(C)c1N1CCCNCCC1(C)C. The van der Waals surface area contributed by atoms with Crippen LogP contribution in [-0.2, 0) is 0 Å². The first-order chi connectivity index (χ1) is 8.52. The normalized spacial score (nSPS) is 20.3. The topological polar surface area (TPSA) is 15.3 Å². The Morgan fingerprint density at radius 1 is 1.11 bits per heavy atom. The Labute approximate surface area is 111 Å². The van der Waals surface area contributed by atoms with Gasteiger partial charge in [0.2, 0.25) is 0 Å². The molecule has 18 heavy (non-hydrogen) atoms. The van der Waals surface area contributed by atoms with Crippen molar-refractivity contribution >= 4 is 5.69 Å². The third-order valence-corrected chi connectivity index (χ3v) is 4.09. The number of para-hydroxylation sites is 1. The van der Waals surface area contributed by atoms with Gasteiger partial charge in [0.15, 0.2) is 0 Å². The van der Waals surface area contributed by atoms with Crippen molar-refractivity contribution in [1.29, 1.82) is 0 Å². The quantitative estimate of drug-likeness (QED) is 0.818. The standard InChI is InChI=1S/C16H26N2/c1-13-7-5-8-14(2)15(13)18-12-6-10-17-11-9-16(18,3)4/h5,7-8,17H,6,9-12H2,1-4H3. The van der Waals surface area contributed by atoms with E-state index in [0.29, 0.717) is 0 Å². The van der Waals surface area contributed by atoms with Crippen molar-refractivity contribution < 1.29 is 0 Å². The molecule has 1 N–H and O–H groups in total. The second kappa shape index (κ2) is 5.31. The minimum absolute atomic E-state index is 0.226. The molecule has 1 heterocycles. The van der Waals surface area contributed by atoms with Crippen LogP contribution in [0.2, 0.25) is 0 Å². The Morgan fingerprint density at radius 2 is 1.78 bits per heavy atom. The first kappa shape index (κ1) is 13.4. The molecule has 2 rings (SSSR count). The molecule has 0 amide bonds. The van der Waals surface area contributed by atoms with Gasteiger partial charge < -0.3 is 10.2 Å². The van der Waals surface area contributed by atoms with Crippen LogP contribution < -0.4 is 10.2 Å². The molecule has 0 atom stereocenters. The van der Waals surface area contributed by atoms with Crippen LogP contribution in [-0.4, -0.2) is 25.2 Å². The maximum Gasteiger partial charge on any atom is 0.0430 e. The molecule has 1 aromatic rings. The van der Waals surface area contributed by atoms with Crippen molar-refractivity contribution in [2.75, 3.05) is 24.5 Å². The van der Waals surface area contributed by atoms with Gasteiger partial charge in [-0.15, -0.1) is 0 Å². The number of nitrogens with zero attached hydrogens (tertiary/aromatic N) is 1. The van der Waals surface area contributed by atoms with Crippen molar-refractivity contribution in [3.63, 3.8) is 0 Å². The summed E-state index contributed by atoms with van der Waals surface area (Å²) in [7, 11) is 0. The number of benzene rings is 1. The maximum atomic E-state index is 3.52. The zero-order valence-corrected chi connectivity index (χ0v) is 12.2. The average Bonchev–Trinajstić information content (AvgIpc) is 2.28. The van der Waals surface area contributed by atoms with Gasteiger partial charge in [0.25, 0.3) is 0 Å². The van der Waals surface area contributed by atoms with Crippen LogP contribution >= 0.6 is 0 Å². The van der Waals surface area contributed by atoms with Gasteiger partial charge in [-0.1, -0.05) is 18.2 Å². The van der Waals surface area contributed by atoms with Crippen molar-refractivity contribution in [3.8, 4) is 0 Å². The van der Waals surface area contributed by atoms with Gasteiger partial charge in [-0.05, 0) is 64.8 Å². The Morgan fingerprint density at radius 3 is 2.44 bits per heavy atom. The fraction of sp³-hybridized carbons (Fsp3) is 0.625. The summed E-state index contributed by atoms with van der Waals surface area (Å²) < 4.78 is 0. The van der Waals surface area contributed by atoms with Crippen LogP contribution in [0.1, 0.15) is 37.8 Å². The monoisotopic (exact) mass is 246 g/mol. The van der Waals surface area contributed by atoms with Crippen molar-refractivity contribution in [2.45, 2.75) is 46.1 Å². The average molecular weight is 246 g/mol. The number of aryl methyl sites for hydroxylation is 2. The highest BCUT2D eigenvalue weighted by Gasteiger charge is 2.29. The molecular weight excluding hydrogens is 220 g/mol. The van der Waals surface area contributed by atoms with Crippen molar-refractivity contribution in [2.24, 2.45) is 0 Å². The molecule has 1 aliphatic rings. The van der Waals surface area contributed by atoms with Gasteiger partial charge in [0.05, 0.1) is 0 Å². The largest absolute Gasteiger partial charge is 0.366 e. The highest BCUT2D eigenvalue weighted by Crippen LogP contribution is 2.32. The molecule has 1 saturated heterocycles. The molecule has 2 nitrogen and oxygen atoms in total. The molecule has 0 saturated carbocycles. The highest BCUT2D eigenvalue weighted by molar-refractivity contribution is 5.60. The Bertz CT molecular complexity index is 389. The molecule has 0 spiro atoms. The summed E-state index contributed by atoms with van der Waals surface area (Å²) in [6.45, 7) is 12.6. The van der Waals surface area contributed by atoms with E-state index >= 15 is 0 Å². The Balaban J connectivity index is 2.38. The Hall–Kier alpha value is -1.02. The third kappa shape index (κ3) is 2.69. The predicted molar refractivity (Wildman–Crippen MR) is 79.4 cm³/mol. The summed E-state index contributed by atoms with van der Waals surface area (Å²) in [4.78, 5) is 2.62. The lowest BCUT2D eigenvalue weighted by Gasteiger charge is -2.43. The number of hydrogen-bond acceptors (Lipinski definition) is 2. The summed E-state index contributed by atoms with van der Waals surface area (Å²) in [5, 5.41) is 3.52. The first-order valence-electron chi connectivity index (χ1n) is 7.07. The number of hydrogen-bond donors (Lipinski definition) is 1.